The second-order valence-corrected chi connectivity index (χ2v) is 6.42. The predicted octanol–water partition coefficient (Wildman–Crippen LogP) is 3.75. The van der Waals surface area contributed by atoms with Crippen LogP contribution in [0, 0.1) is 6.92 Å². The molecule has 2 aromatic carbocycles. The van der Waals surface area contributed by atoms with Gasteiger partial charge in [-0.25, -0.2) is 4.98 Å². The van der Waals surface area contributed by atoms with Crippen LogP contribution in [0.1, 0.15) is 11.4 Å². The number of nitrogens with two attached hydrogens (primary N) is 1. The minimum atomic E-state index is -0.137. The summed E-state index contributed by atoms with van der Waals surface area (Å²) in [5.74, 6) is 0.643. The highest BCUT2D eigenvalue weighted by molar-refractivity contribution is 9.10. The minimum Gasteiger partial charge on any atom is -0.398 e. The SMILES string of the molecule is Cc1nc2cc(Br)cc(N)c2c(=O)n1Cc1ccc(Cl)cc1. The average molecular weight is 379 g/mol. The molecule has 0 radical (unpaired) electrons. The largest absolute Gasteiger partial charge is 0.398 e. The standard InChI is InChI=1S/C16H13BrClN3O/c1-9-20-14-7-11(17)6-13(19)15(14)16(22)21(9)8-10-2-4-12(18)5-3-10/h2-7H,8,19H2,1H3. The number of anilines is 1. The molecule has 0 aliphatic rings. The Morgan fingerprint density at radius 1 is 1.27 bits per heavy atom. The molecule has 2 N–H and O–H groups in total. The van der Waals surface area contributed by atoms with Gasteiger partial charge in [0.15, 0.2) is 0 Å². The molecule has 1 heterocycles. The molecular formula is C16H13BrClN3O. The van der Waals surface area contributed by atoms with Gasteiger partial charge in [-0.05, 0) is 36.8 Å². The average Bonchev–Trinajstić information content (AvgIpc) is 2.44. The van der Waals surface area contributed by atoms with E-state index in [2.05, 4.69) is 20.9 Å². The zero-order valence-corrected chi connectivity index (χ0v) is 14.1. The first-order valence-electron chi connectivity index (χ1n) is 6.66. The summed E-state index contributed by atoms with van der Waals surface area (Å²) >= 11 is 9.26. The number of halogens is 2. The van der Waals surface area contributed by atoms with E-state index in [0.717, 1.165) is 10.0 Å². The van der Waals surface area contributed by atoms with E-state index in [1.54, 1.807) is 28.8 Å². The van der Waals surface area contributed by atoms with Crippen LogP contribution >= 0.6 is 27.5 Å². The Labute approximate surface area is 140 Å². The monoisotopic (exact) mass is 377 g/mol. The number of nitrogen functional groups attached to an aromatic ring is 1. The third-order valence-electron chi connectivity index (χ3n) is 3.50. The molecule has 0 aliphatic carbocycles. The summed E-state index contributed by atoms with van der Waals surface area (Å²) in [5, 5.41) is 1.11. The summed E-state index contributed by atoms with van der Waals surface area (Å²) in [5.41, 5.74) is 7.85. The molecular weight excluding hydrogens is 366 g/mol. The second kappa shape index (κ2) is 5.74. The van der Waals surface area contributed by atoms with E-state index < -0.39 is 0 Å². The van der Waals surface area contributed by atoms with E-state index in [-0.39, 0.29) is 5.56 Å². The van der Waals surface area contributed by atoms with Crippen LogP contribution in [0.4, 0.5) is 5.69 Å². The lowest BCUT2D eigenvalue weighted by atomic mass is 10.2. The van der Waals surface area contributed by atoms with Crippen LogP contribution in [0.5, 0.6) is 0 Å². The molecule has 0 unspecified atom stereocenters. The molecule has 3 aromatic rings. The lowest BCUT2D eigenvalue weighted by Crippen LogP contribution is -2.25. The van der Waals surface area contributed by atoms with Crippen molar-refractivity contribution in [1.82, 2.24) is 9.55 Å². The first kappa shape index (κ1) is 15.1. The van der Waals surface area contributed by atoms with Gasteiger partial charge >= 0.3 is 0 Å². The molecule has 0 bridgehead atoms. The molecule has 3 rings (SSSR count). The highest BCUT2D eigenvalue weighted by atomic mass is 79.9. The molecule has 4 nitrogen and oxygen atoms in total. The summed E-state index contributed by atoms with van der Waals surface area (Å²) in [6.07, 6.45) is 0. The Morgan fingerprint density at radius 3 is 2.64 bits per heavy atom. The molecule has 0 aliphatic heterocycles. The Balaban J connectivity index is 2.18. The molecule has 22 heavy (non-hydrogen) atoms. The molecule has 6 heteroatoms. The van der Waals surface area contributed by atoms with Gasteiger partial charge in [-0.1, -0.05) is 39.7 Å². The van der Waals surface area contributed by atoms with Crippen LogP contribution in [0.25, 0.3) is 10.9 Å². The van der Waals surface area contributed by atoms with Crippen molar-refractivity contribution in [3.8, 4) is 0 Å². The number of rotatable bonds is 2. The third kappa shape index (κ3) is 2.74. The molecule has 0 fully saturated rings. The van der Waals surface area contributed by atoms with Gasteiger partial charge in [-0.2, -0.15) is 0 Å². The molecule has 0 spiro atoms. The maximum absolute atomic E-state index is 12.8. The first-order chi connectivity index (χ1) is 10.5. The quantitative estimate of drug-likeness (QED) is 0.691. The van der Waals surface area contributed by atoms with Crippen molar-refractivity contribution < 1.29 is 0 Å². The van der Waals surface area contributed by atoms with Gasteiger partial charge in [-0.15, -0.1) is 0 Å². The number of hydrogen-bond acceptors (Lipinski definition) is 3. The molecule has 0 atom stereocenters. The van der Waals surface area contributed by atoms with Crippen molar-refractivity contribution in [3.05, 3.63) is 67.6 Å². The minimum absolute atomic E-state index is 0.137. The fraction of sp³-hybridized carbons (Fsp3) is 0.125. The zero-order valence-electron chi connectivity index (χ0n) is 11.8. The van der Waals surface area contributed by atoms with Crippen molar-refractivity contribution in [3.63, 3.8) is 0 Å². The molecule has 0 amide bonds. The summed E-state index contributed by atoms with van der Waals surface area (Å²) in [7, 11) is 0. The number of hydrogen-bond donors (Lipinski definition) is 1. The Kier molecular flexibility index (Phi) is 3.93. The Hall–Kier alpha value is -1.85. The van der Waals surface area contributed by atoms with Crippen molar-refractivity contribution in [1.29, 1.82) is 0 Å². The molecule has 1 aromatic heterocycles. The summed E-state index contributed by atoms with van der Waals surface area (Å²) in [4.78, 5) is 17.3. The first-order valence-corrected chi connectivity index (χ1v) is 7.83. The topological polar surface area (TPSA) is 60.9 Å². The van der Waals surface area contributed by atoms with Crippen LogP contribution in [0.15, 0.2) is 45.7 Å². The Bertz CT molecular complexity index is 919. The molecule has 112 valence electrons. The van der Waals surface area contributed by atoms with Gasteiger partial charge in [0.25, 0.3) is 5.56 Å². The van der Waals surface area contributed by atoms with Crippen molar-refractivity contribution >= 4 is 44.1 Å². The van der Waals surface area contributed by atoms with E-state index in [9.17, 15) is 4.79 Å². The maximum atomic E-state index is 12.8. The van der Waals surface area contributed by atoms with E-state index in [1.807, 2.05) is 19.1 Å². The van der Waals surface area contributed by atoms with Crippen LogP contribution in [0.2, 0.25) is 5.02 Å². The van der Waals surface area contributed by atoms with E-state index >= 15 is 0 Å². The lowest BCUT2D eigenvalue weighted by Gasteiger charge is -2.12. The van der Waals surface area contributed by atoms with Crippen molar-refractivity contribution in [2.75, 3.05) is 5.73 Å². The van der Waals surface area contributed by atoms with Gasteiger partial charge in [0, 0.05) is 15.2 Å². The fourth-order valence-electron chi connectivity index (χ4n) is 2.41. The maximum Gasteiger partial charge on any atom is 0.263 e. The fourth-order valence-corrected chi connectivity index (χ4v) is 3.00. The number of aryl methyl sites for hydroxylation is 1. The Morgan fingerprint density at radius 2 is 1.95 bits per heavy atom. The number of aromatic nitrogens is 2. The van der Waals surface area contributed by atoms with Gasteiger partial charge in [0.1, 0.15) is 5.82 Å². The predicted molar refractivity (Wildman–Crippen MR) is 93.4 cm³/mol. The van der Waals surface area contributed by atoms with Crippen molar-refractivity contribution in [2.24, 2.45) is 0 Å². The lowest BCUT2D eigenvalue weighted by molar-refractivity contribution is 0.713. The van der Waals surface area contributed by atoms with Crippen LogP contribution in [-0.2, 0) is 6.54 Å². The summed E-state index contributed by atoms with van der Waals surface area (Å²) in [6, 6.07) is 10.9. The molecule has 0 saturated heterocycles. The van der Waals surface area contributed by atoms with Gasteiger partial charge in [-0.3, -0.25) is 9.36 Å². The number of fused-ring (bicyclic) bond motifs is 1. The van der Waals surface area contributed by atoms with Gasteiger partial charge in [0.05, 0.1) is 17.4 Å². The van der Waals surface area contributed by atoms with Gasteiger partial charge < -0.3 is 5.73 Å². The third-order valence-corrected chi connectivity index (χ3v) is 4.21. The van der Waals surface area contributed by atoms with Crippen LogP contribution in [-0.4, -0.2) is 9.55 Å². The molecule has 0 saturated carbocycles. The highest BCUT2D eigenvalue weighted by Gasteiger charge is 2.12. The van der Waals surface area contributed by atoms with Gasteiger partial charge in [0.2, 0.25) is 0 Å². The number of benzene rings is 2. The second-order valence-electron chi connectivity index (χ2n) is 5.07. The van der Waals surface area contributed by atoms with Crippen molar-refractivity contribution in [2.45, 2.75) is 13.5 Å². The van der Waals surface area contributed by atoms with E-state index in [1.165, 1.54) is 0 Å². The van der Waals surface area contributed by atoms with E-state index in [4.69, 9.17) is 17.3 Å². The van der Waals surface area contributed by atoms with Crippen LogP contribution in [0.3, 0.4) is 0 Å². The van der Waals surface area contributed by atoms with E-state index in [0.29, 0.717) is 34.0 Å². The number of nitrogens with zero attached hydrogens (tertiary/aromatic N) is 2. The van der Waals surface area contributed by atoms with Crippen LogP contribution < -0.4 is 11.3 Å². The summed E-state index contributed by atoms with van der Waals surface area (Å²) < 4.78 is 2.43. The normalized spacial score (nSPS) is 11.0. The smallest absolute Gasteiger partial charge is 0.263 e. The zero-order chi connectivity index (χ0) is 15.9. The summed E-state index contributed by atoms with van der Waals surface area (Å²) in [6.45, 7) is 2.24. The highest BCUT2D eigenvalue weighted by Crippen LogP contribution is 2.23.